The molecule has 0 aliphatic rings. The highest BCUT2D eigenvalue weighted by atomic mass is 32.2. The van der Waals surface area contributed by atoms with E-state index < -0.39 is 10.2 Å². The Morgan fingerprint density at radius 2 is 1.68 bits per heavy atom. The van der Waals surface area contributed by atoms with Gasteiger partial charge in [0.1, 0.15) is 11.0 Å². The first-order valence-corrected chi connectivity index (χ1v) is 9.36. The van der Waals surface area contributed by atoms with E-state index in [1.165, 1.54) is 37.1 Å². The highest BCUT2D eigenvalue weighted by Crippen LogP contribution is 2.37. The van der Waals surface area contributed by atoms with Gasteiger partial charge in [0.15, 0.2) is 0 Å². The second kappa shape index (κ2) is 9.05. The lowest BCUT2D eigenvalue weighted by Gasteiger charge is -2.18. The molecule has 0 aliphatic heterocycles. The van der Waals surface area contributed by atoms with Crippen molar-refractivity contribution in [2.24, 2.45) is 0 Å². The first-order valence-electron chi connectivity index (χ1n) is 8.48. The molecule has 1 N–H and O–H groups in total. The summed E-state index contributed by atoms with van der Waals surface area (Å²) in [4.78, 5) is 24.6. The summed E-state index contributed by atoms with van der Waals surface area (Å²) in [5.41, 5.74) is 0.970. The van der Waals surface area contributed by atoms with E-state index >= 15 is 0 Å². The SMILES string of the molecule is COc1ccc([N+](=O)[O-])cc1NC(=O)[C@H](Sc1ccccc1)c1ccccc1. The number of nitrogens with one attached hydrogen (secondary N) is 1. The van der Waals surface area contributed by atoms with Crippen molar-refractivity contribution in [2.45, 2.75) is 10.1 Å². The molecule has 0 spiro atoms. The van der Waals surface area contributed by atoms with Crippen LogP contribution in [0.2, 0.25) is 0 Å². The highest BCUT2D eigenvalue weighted by Gasteiger charge is 2.24. The molecule has 0 bridgehead atoms. The Balaban J connectivity index is 1.92. The minimum absolute atomic E-state index is 0.122. The van der Waals surface area contributed by atoms with Gasteiger partial charge in [-0.3, -0.25) is 14.9 Å². The van der Waals surface area contributed by atoms with Gasteiger partial charge in [-0.25, -0.2) is 0 Å². The van der Waals surface area contributed by atoms with Gasteiger partial charge < -0.3 is 10.1 Å². The van der Waals surface area contributed by atoms with Crippen LogP contribution in [0.5, 0.6) is 5.75 Å². The summed E-state index contributed by atoms with van der Waals surface area (Å²) in [7, 11) is 1.45. The molecule has 3 aromatic carbocycles. The molecule has 3 rings (SSSR count). The lowest BCUT2D eigenvalue weighted by Crippen LogP contribution is -2.19. The summed E-state index contributed by atoms with van der Waals surface area (Å²) >= 11 is 1.41. The maximum Gasteiger partial charge on any atom is 0.271 e. The lowest BCUT2D eigenvalue weighted by molar-refractivity contribution is -0.384. The van der Waals surface area contributed by atoms with E-state index in [0.717, 1.165) is 10.5 Å². The van der Waals surface area contributed by atoms with Crippen molar-refractivity contribution in [3.05, 3.63) is 94.5 Å². The minimum Gasteiger partial charge on any atom is -0.495 e. The van der Waals surface area contributed by atoms with Gasteiger partial charge in [-0.15, -0.1) is 11.8 Å². The van der Waals surface area contributed by atoms with Crippen molar-refractivity contribution in [3.63, 3.8) is 0 Å². The van der Waals surface area contributed by atoms with Crippen LogP contribution in [-0.4, -0.2) is 17.9 Å². The second-order valence-electron chi connectivity index (χ2n) is 5.85. The molecule has 6 nitrogen and oxygen atoms in total. The Morgan fingerprint density at radius 1 is 1.04 bits per heavy atom. The summed E-state index contributed by atoms with van der Waals surface area (Å²) in [6, 6.07) is 23.1. The lowest BCUT2D eigenvalue weighted by atomic mass is 10.1. The third-order valence-corrected chi connectivity index (χ3v) is 5.26. The van der Waals surface area contributed by atoms with E-state index in [-0.39, 0.29) is 17.3 Å². The summed E-state index contributed by atoms with van der Waals surface area (Å²) in [5, 5.41) is 13.3. The van der Waals surface area contributed by atoms with Crippen molar-refractivity contribution in [3.8, 4) is 5.75 Å². The van der Waals surface area contributed by atoms with Crippen LogP contribution in [0.3, 0.4) is 0 Å². The summed E-state index contributed by atoms with van der Waals surface area (Å²) in [6.07, 6.45) is 0. The average Bonchev–Trinajstić information content (AvgIpc) is 2.73. The summed E-state index contributed by atoms with van der Waals surface area (Å²) in [5.74, 6) is 0.0642. The third kappa shape index (κ3) is 4.69. The maximum absolute atomic E-state index is 13.1. The van der Waals surface area contributed by atoms with Crippen molar-refractivity contribution < 1.29 is 14.5 Å². The molecule has 0 aliphatic carbocycles. The van der Waals surface area contributed by atoms with Gasteiger partial charge in [0.2, 0.25) is 5.91 Å². The van der Waals surface area contributed by atoms with Gasteiger partial charge in [0.25, 0.3) is 5.69 Å². The average molecular weight is 394 g/mol. The van der Waals surface area contributed by atoms with E-state index in [4.69, 9.17) is 4.74 Å². The molecule has 1 atom stereocenters. The first-order chi connectivity index (χ1) is 13.6. The molecule has 7 heteroatoms. The van der Waals surface area contributed by atoms with E-state index in [2.05, 4.69) is 5.32 Å². The van der Waals surface area contributed by atoms with Crippen LogP contribution in [0.4, 0.5) is 11.4 Å². The molecule has 0 saturated heterocycles. The number of hydrogen-bond donors (Lipinski definition) is 1. The number of thioether (sulfide) groups is 1. The molecule has 0 fully saturated rings. The zero-order valence-corrected chi connectivity index (χ0v) is 15.9. The molecule has 3 aromatic rings. The highest BCUT2D eigenvalue weighted by molar-refractivity contribution is 8.00. The zero-order valence-electron chi connectivity index (χ0n) is 15.1. The van der Waals surface area contributed by atoms with Crippen LogP contribution in [-0.2, 0) is 4.79 Å². The predicted octanol–water partition coefficient (Wildman–Crippen LogP) is 5.08. The number of benzene rings is 3. The number of nitrogens with zero attached hydrogens (tertiary/aromatic N) is 1. The van der Waals surface area contributed by atoms with Gasteiger partial charge >= 0.3 is 0 Å². The van der Waals surface area contributed by atoms with Crippen LogP contribution in [0.15, 0.2) is 83.8 Å². The van der Waals surface area contributed by atoms with Crippen molar-refractivity contribution in [2.75, 3.05) is 12.4 Å². The third-order valence-electron chi connectivity index (χ3n) is 3.99. The number of non-ortho nitro benzene ring substituents is 1. The van der Waals surface area contributed by atoms with Gasteiger partial charge in [-0.1, -0.05) is 48.5 Å². The molecular weight excluding hydrogens is 376 g/mol. The Bertz CT molecular complexity index is 965. The number of methoxy groups -OCH3 is 1. The van der Waals surface area contributed by atoms with Crippen LogP contribution >= 0.6 is 11.8 Å². The molecule has 28 heavy (non-hydrogen) atoms. The van der Waals surface area contributed by atoms with E-state index in [0.29, 0.717) is 5.75 Å². The Hall–Kier alpha value is -3.32. The summed E-state index contributed by atoms with van der Waals surface area (Å²) < 4.78 is 5.24. The van der Waals surface area contributed by atoms with Crippen LogP contribution in [0.25, 0.3) is 0 Å². The molecule has 1 amide bonds. The largest absolute Gasteiger partial charge is 0.495 e. The van der Waals surface area contributed by atoms with Gasteiger partial charge in [-0.2, -0.15) is 0 Å². The summed E-state index contributed by atoms with van der Waals surface area (Å²) in [6.45, 7) is 0. The number of carbonyl (C=O) groups is 1. The maximum atomic E-state index is 13.1. The monoisotopic (exact) mass is 394 g/mol. The quantitative estimate of drug-likeness (QED) is 0.343. The van der Waals surface area contributed by atoms with Crippen LogP contribution in [0, 0.1) is 10.1 Å². The number of nitro groups is 1. The Labute approximate surface area is 166 Å². The molecule has 0 unspecified atom stereocenters. The van der Waals surface area contributed by atoms with Crippen molar-refractivity contribution in [1.82, 2.24) is 0 Å². The fourth-order valence-electron chi connectivity index (χ4n) is 2.64. The van der Waals surface area contributed by atoms with E-state index in [1.807, 2.05) is 60.7 Å². The smallest absolute Gasteiger partial charge is 0.271 e. The number of anilines is 1. The number of amides is 1. The number of ether oxygens (including phenoxy) is 1. The predicted molar refractivity (Wildman–Crippen MR) is 110 cm³/mol. The number of carbonyl (C=O) groups excluding carboxylic acids is 1. The molecule has 0 aromatic heterocycles. The second-order valence-corrected chi connectivity index (χ2v) is 7.03. The molecule has 0 heterocycles. The molecule has 142 valence electrons. The van der Waals surface area contributed by atoms with Crippen LogP contribution < -0.4 is 10.1 Å². The minimum atomic E-state index is -0.535. The first kappa shape index (κ1) is 19.4. The Kier molecular flexibility index (Phi) is 6.29. The van der Waals surface area contributed by atoms with E-state index in [1.54, 1.807) is 0 Å². The zero-order chi connectivity index (χ0) is 19.9. The van der Waals surface area contributed by atoms with Crippen molar-refractivity contribution in [1.29, 1.82) is 0 Å². The topological polar surface area (TPSA) is 81.5 Å². The fraction of sp³-hybridized carbons (Fsp3) is 0.0952. The van der Waals surface area contributed by atoms with Gasteiger partial charge in [0, 0.05) is 17.0 Å². The molecular formula is C21H18N2O4S. The van der Waals surface area contributed by atoms with Crippen molar-refractivity contribution >= 4 is 29.0 Å². The number of nitro benzene ring substituents is 1. The fourth-order valence-corrected chi connectivity index (χ4v) is 3.69. The van der Waals surface area contributed by atoms with E-state index in [9.17, 15) is 14.9 Å². The standard InChI is InChI=1S/C21H18N2O4S/c1-27-19-13-12-16(23(25)26)14-18(19)22-21(24)20(15-8-4-2-5-9-15)28-17-10-6-3-7-11-17/h2-14,20H,1H3,(H,22,24)/t20-/m1/s1. The van der Waals surface area contributed by atoms with Crippen LogP contribution in [0.1, 0.15) is 10.8 Å². The normalized spacial score (nSPS) is 11.5. The molecule has 0 radical (unpaired) electrons. The Morgan fingerprint density at radius 3 is 2.29 bits per heavy atom. The van der Waals surface area contributed by atoms with Gasteiger partial charge in [0.05, 0.1) is 17.7 Å². The van der Waals surface area contributed by atoms with Gasteiger partial charge in [-0.05, 0) is 23.8 Å². The molecule has 0 saturated carbocycles. The number of hydrogen-bond acceptors (Lipinski definition) is 5. The number of rotatable bonds is 7.